The van der Waals surface area contributed by atoms with Crippen molar-refractivity contribution in [2.24, 2.45) is 5.92 Å². The Morgan fingerprint density at radius 2 is 1.46 bits per heavy atom. The maximum atomic E-state index is 12.4. The van der Waals surface area contributed by atoms with E-state index in [4.69, 9.17) is 0 Å². The van der Waals surface area contributed by atoms with Crippen molar-refractivity contribution in [3.05, 3.63) is 59.7 Å². The molecule has 2 aromatic rings. The summed E-state index contributed by atoms with van der Waals surface area (Å²) in [6.07, 6.45) is 5.27. The van der Waals surface area contributed by atoms with Crippen LogP contribution in [0.4, 0.5) is 11.4 Å². The Hall–Kier alpha value is -3.15. The lowest BCUT2D eigenvalue weighted by atomic mass is 9.88. The van der Waals surface area contributed by atoms with E-state index in [1.54, 1.807) is 42.5 Å². The van der Waals surface area contributed by atoms with Crippen LogP contribution in [-0.4, -0.2) is 24.9 Å². The maximum Gasteiger partial charge on any atom is 0.337 e. The van der Waals surface area contributed by atoms with E-state index in [9.17, 15) is 14.4 Å². The van der Waals surface area contributed by atoms with E-state index in [0.717, 1.165) is 25.7 Å². The number of esters is 1. The molecular weight excluding hydrogens is 356 g/mol. The molecule has 0 aliphatic heterocycles. The Bertz CT molecular complexity index is 855. The SMILES string of the molecule is COC(=O)c1ccc(C(=O)Nc2cccc(NC(=O)C3CCCCC3)c2)cc1. The molecule has 6 nitrogen and oxygen atoms in total. The lowest BCUT2D eigenvalue weighted by Crippen LogP contribution is -2.24. The van der Waals surface area contributed by atoms with E-state index < -0.39 is 5.97 Å². The van der Waals surface area contributed by atoms with Crippen LogP contribution in [0, 0.1) is 5.92 Å². The van der Waals surface area contributed by atoms with Gasteiger partial charge in [-0.2, -0.15) is 0 Å². The molecule has 1 aliphatic carbocycles. The molecule has 1 fully saturated rings. The minimum Gasteiger partial charge on any atom is -0.465 e. The fraction of sp³-hybridized carbons (Fsp3) is 0.318. The Morgan fingerprint density at radius 3 is 2.11 bits per heavy atom. The van der Waals surface area contributed by atoms with Crippen LogP contribution in [0.5, 0.6) is 0 Å². The summed E-state index contributed by atoms with van der Waals surface area (Å²) in [7, 11) is 1.31. The van der Waals surface area contributed by atoms with Crippen molar-refractivity contribution in [1.29, 1.82) is 0 Å². The van der Waals surface area contributed by atoms with Crippen molar-refractivity contribution in [3.8, 4) is 0 Å². The molecule has 2 aromatic carbocycles. The van der Waals surface area contributed by atoms with Gasteiger partial charge in [0.1, 0.15) is 0 Å². The highest BCUT2D eigenvalue weighted by Gasteiger charge is 2.21. The molecule has 0 aromatic heterocycles. The predicted octanol–water partition coefficient (Wildman–Crippen LogP) is 4.24. The van der Waals surface area contributed by atoms with Gasteiger partial charge in [-0.05, 0) is 55.3 Å². The minimum atomic E-state index is -0.451. The third kappa shape index (κ3) is 4.97. The van der Waals surface area contributed by atoms with Crippen LogP contribution in [-0.2, 0) is 9.53 Å². The number of carbonyl (C=O) groups is 3. The largest absolute Gasteiger partial charge is 0.465 e. The first kappa shape index (κ1) is 19.6. The van der Waals surface area contributed by atoms with Gasteiger partial charge in [-0.25, -0.2) is 4.79 Å². The number of hydrogen-bond donors (Lipinski definition) is 2. The smallest absolute Gasteiger partial charge is 0.337 e. The van der Waals surface area contributed by atoms with E-state index in [0.29, 0.717) is 22.5 Å². The highest BCUT2D eigenvalue weighted by atomic mass is 16.5. The number of methoxy groups -OCH3 is 1. The number of anilines is 2. The molecule has 0 saturated heterocycles. The highest BCUT2D eigenvalue weighted by molar-refractivity contribution is 6.05. The van der Waals surface area contributed by atoms with Crippen LogP contribution in [0.1, 0.15) is 52.8 Å². The van der Waals surface area contributed by atoms with Gasteiger partial charge in [-0.1, -0.05) is 25.3 Å². The van der Waals surface area contributed by atoms with E-state index >= 15 is 0 Å². The second-order valence-electron chi connectivity index (χ2n) is 6.93. The summed E-state index contributed by atoms with van der Waals surface area (Å²) in [5.41, 5.74) is 2.05. The first-order valence-electron chi connectivity index (χ1n) is 9.47. The van der Waals surface area contributed by atoms with Crippen molar-refractivity contribution >= 4 is 29.2 Å². The van der Waals surface area contributed by atoms with Crippen molar-refractivity contribution < 1.29 is 19.1 Å². The lowest BCUT2D eigenvalue weighted by Gasteiger charge is -2.20. The van der Waals surface area contributed by atoms with E-state index in [-0.39, 0.29) is 17.7 Å². The zero-order chi connectivity index (χ0) is 19.9. The van der Waals surface area contributed by atoms with Crippen LogP contribution in [0.25, 0.3) is 0 Å². The molecule has 0 atom stereocenters. The zero-order valence-electron chi connectivity index (χ0n) is 15.9. The number of carbonyl (C=O) groups excluding carboxylic acids is 3. The summed E-state index contributed by atoms with van der Waals surface area (Å²) in [6.45, 7) is 0. The molecule has 2 amide bonds. The molecule has 0 bridgehead atoms. The average molecular weight is 380 g/mol. The maximum absolute atomic E-state index is 12.4. The fourth-order valence-electron chi connectivity index (χ4n) is 3.36. The summed E-state index contributed by atoms with van der Waals surface area (Å²) in [4.78, 5) is 36.3. The van der Waals surface area contributed by atoms with E-state index in [2.05, 4.69) is 15.4 Å². The molecule has 3 rings (SSSR count). The second kappa shape index (κ2) is 9.17. The monoisotopic (exact) mass is 380 g/mol. The Morgan fingerprint density at radius 1 is 0.857 bits per heavy atom. The third-order valence-electron chi connectivity index (χ3n) is 4.93. The van der Waals surface area contributed by atoms with Crippen LogP contribution in [0.2, 0.25) is 0 Å². The number of hydrogen-bond acceptors (Lipinski definition) is 4. The fourth-order valence-corrected chi connectivity index (χ4v) is 3.36. The Balaban J connectivity index is 1.62. The number of benzene rings is 2. The lowest BCUT2D eigenvalue weighted by molar-refractivity contribution is -0.120. The number of amides is 2. The number of ether oxygens (including phenoxy) is 1. The second-order valence-corrected chi connectivity index (χ2v) is 6.93. The van der Waals surface area contributed by atoms with Crippen molar-refractivity contribution in [1.82, 2.24) is 0 Å². The minimum absolute atomic E-state index is 0.0431. The molecule has 28 heavy (non-hydrogen) atoms. The summed E-state index contributed by atoms with van der Waals surface area (Å²) < 4.78 is 4.65. The van der Waals surface area contributed by atoms with Crippen molar-refractivity contribution in [2.45, 2.75) is 32.1 Å². The van der Waals surface area contributed by atoms with Gasteiger partial charge in [0, 0.05) is 22.9 Å². The quantitative estimate of drug-likeness (QED) is 0.760. The van der Waals surface area contributed by atoms with Crippen LogP contribution < -0.4 is 10.6 Å². The van der Waals surface area contributed by atoms with E-state index in [1.165, 1.54) is 13.5 Å². The van der Waals surface area contributed by atoms with E-state index in [1.807, 2.05) is 6.07 Å². The third-order valence-corrected chi connectivity index (χ3v) is 4.93. The normalized spacial score (nSPS) is 14.2. The average Bonchev–Trinajstić information content (AvgIpc) is 2.74. The predicted molar refractivity (Wildman–Crippen MR) is 107 cm³/mol. The highest BCUT2D eigenvalue weighted by Crippen LogP contribution is 2.25. The summed E-state index contributed by atoms with van der Waals surface area (Å²) >= 11 is 0. The molecule has 0 spiro atoms. The zero-order valence-corrected chi connectivity index (χ0v) is 15.9. The molecule has 2 N–H and O–H groups in total. The Kier molecular flexibility index (Phi) is 6.42. The van der Waals surface area contributed by atoms with Gasteiger partial charge in [0.25, 0.3) is 5.91 Å². The first-order valence-corrected chi connectivity index (χ1v) is 9.47. The number of nitrogens with one attached hydrogen (secondary N) is 2. The molecule has 0 unspecified atom stereocenters. The van der Waals surface area contributed by atoms with Gasteiger partial charge >= 0.3 is 5.97 Å². The summed E-state index contributed by atoms with van der Waals surface area (Å²) in [5, 5.41) is 5.76. The molecular formula is C22H24N2O4. The summed E-state index contributed by atoms with van der Waals surface area (Å²) in [6, 6.07) is 13.3. The Labute approximate surface area is 164 Å². The molecule has 6 heteroatoms. The molecule has 0 heterocycles. The molecule has 1 saturated carbocycles. The topological polar surface area (TPSA) is 84.5 Å². The van der Waals surface area contributed by atoms with Crippen LogP contribution >= 0.6 is 0 Å². The van der Waals surface area contributed by atoms with Gasteiger partial charge in [0.15, 0.2) is 0 Å². The molecule has 1 aliphatic rings. The van der Waals surface area contributed by atoms with Gasteiger partial charge in [0.2, 0.25) is 5.91 Å². The summed E-state index contributed by atoms with van der Waals surface area (Å²) in [5.74, 6) is -0.637. The van der Waals surface area contributed by atoms with Gasteiger partial charge in [-0.15, -0.1) is 0 Å². The van der Waals surface area contributed by atoms with Gasteiger partial charge < -0.3 is 15.4 Å². The van der Waals surface area contributed by atoms with Crippen LogP contribution in [0.15, 0.2) is 48.5 Å². The van der Waals surface area contributed by atoms with Gasteiger partial charge in [0.05, 0.1) is 12.7 Å². The first-order chi connectivity index (χ1) is 13.6. The number of rotatable bonds is 5. The van der Waals surface area contributed by atoms with Crippen molar-refractivity contribution in [3.63, 3.8) is 0 Å². The van der Waals surface area contributed by atoms with Gasteiger partial charge in [-0.3, -0.25) is 9.59 Å². The van der Waals surface area contributed by atoms with Crippen molar-refractivity contribution in [2.75, 3.05) is 17.7 Å². The van der Waals surface area contributed by atoms with Crippen LogP contribution in [0.3, 0.4) is 0 Å². The standard InChI is InChI=1S/C22H24N2O4/c1-28-22(27)17-12-10-16(11-13-17)21(26)24-19-9-5-8-18(14-19)23-20(25)15-6-3-2-4-7-15/h5,8-15H,2-4,6-7H2,1H3,(H,23,25)(H,24,26). The molecule has 146 valence electrons. The molecule has 0 radical (unpaired) electrons.